The number of ether oxygens (including phenoxy) is 1. The Kier molecular flexibility index (Phi) is 5.25. The van der Waals surface area contributed by atoms with Crippen molar-refractivity contribution in [1.82, 2.24) is 15.1 Å². The number of rotatable bonds is 3. The van der Waals surface area contributed by atoms with Gasteiger partial charge in [0.2, 0.25) is 5.91 Å². The highest BCUT2D eigenvalue weighted by atomic mass is 19.1. The third-order valence-electron chi connectivity index (χ3n) is 4.49. The molecule has 3 rings (SSSR count). The van der Waals surface area contributed by atoms with Gasteiger partial charge in [-0.1, -0.05) is 12.1 Å². The molecule has 0 aliphatic carbocycles. The zero-order valence-corrected chi connectivity index (χ0v) is 13.5. The molecule has 2 saturated heterocycles. The topological polar surface area (TPSA) is 44.8 Å². The van der Waals surface area contributed by atoms with Gasteiger partial charge in [-0.05, 0) is 24.6 Å². The largest absolute Gasteiger partial charge is 0.379 e. The van der Waals surface area contributed by atoms with Gasteiger partial charge in [0, 0.05) is 38.8 Å². The van der Waals surface area contributed by atoms with Crippen molar-refractivity contribution in [2.45, 2.75) is 19.0 Å². The zero-order valence-electron chi connectivity index (χ0n) is 13.5. The SMILES string of the molecule is C[C@@H]1CN(C(=O)[C@@H](c2cccc(F)c2)N2CCOCC2)CCN1. The summed E-state index contributed by atoms with van der Waals surface area (Å²) >= 11 is 0. The predicted molar refractivity (Wildman–Crippen MR) is 85.6 cm³/mol. The number of carbonyl (C=O) groups is 1. The quantitative estimate of drug-likeness (QED) is 0.903. The Morgan fingerprint density at radius 2 is 2.13 bits per heavy atom. The lowest BCUT2D eigenvalue weighted by atomic mass is 10.0. The van der Waals surface area contributed by atoms with Crippen molar-refractivity contribution in [2.24, 2.45) is 0 Å². The van der Waals surface area contributed by atoms with Crippen molar-refractivity contribution < 1.29 is 13.9 Å². The van der Waals surface area contributed by atoms with E-state index in [1.807, 2.05) is 11.0 Å². The molecule has 5 nitrogen and oxygen atoms in total. The van der Waals surface area contributed by atoms with Crippen LogP contribution in [0.1, 0.15) is 18.5 Å². The fourth-order valence-corrected chi connectivity index (χ4v) is 3.33. The fraction of sp³-hybridized carbons (Fsp3) is 0.588. The molecular formula is C17H24FN3O2. The Labute approximate surface area is 136 Å². The maximum Gasteiger partial charge on any atom is 0.244 e. The van der Waals surface area contributed by atoms with Crippen molar-refractivity contribution in [2.75, 3.05) is 45.9 Å². The number of hydrogen-bond acceptors (Lipinski definition) is 4. The van der Waals surface area contributed by atoms with Crippen LogP contribution in [0, 0.1) is 5.82 Å². The standard InChI is InChI=1S/C17H24FN3O2/c1-13-12-21(6-5-19-13)17(22)16(20-7-9-23-10-8-20)14-3-2-4-15(18)11-14/h2-4,11,13,16,19H,5-10,12H2,1H3/t13-,16-/m1/s1. The minimum absolute atomic E-state index is 0.0610. The molecule has 1 N–H and O–H groups in total. The molecule has 1 amide bonds. The lowest BCUT2D eigenvalue weighted by molar-refractivity contribution is -0.140. The van der Waals surface area contributed by atoms with E-state index in [4.69, 9.17) is 4.74 Å². The van der Waals surface area contributed by atoms with Gasteiger partial charge in [-0.3, -0.25) is 9.69 Å². The molecule has 1 aromatic carbocycles. The number of hydrogen-bond donors (Lipinski definition) is 1. The Balaban J connectivity index is 1.86. The Morgan fingerprint density at radius 1 is 1.35 bits per heavy atom. The molecule has 0 spiro atoms. The summed E-state index contributed by atoms with van der Waals surface area (Å²) < 4.78 is 19.1. The average molecular weight is 321 g/mol. The Bertz CT molecular complexity index is 548. The first-order valence-electron chi connectivity index (χ1n) is 8.24. The van der Waals surface area contributed by atoms with Crippen LogP contribution < -0.4 is 5.32 Å². The van der Waals surface area contributed by atoms with E-state index in [0.29, 0.717) is 39.4 Å². The molecule has 23 heavy (non-hydrogen) atoms. The first kappa shape index (κ1) is 16.4. The van der Waals surface area contributed by atoms with Crippen molar-refractivity contribution >= 4 is 5.91 Å². The number of piperazine rings is 1. The van der Waals surface area contributed by atoms with Gasteiger partial charge in [0.15, 0.2) is 0 Å². The van der Waals surface area contributed by atoms with Gasteiger partial charge in [-0.2, -0.15) is 0 Å². The van der Waals surface area contributed by atoms with Crippen molar-refractivity contribution in [3.8, 4) is 0 Å². The number of benzene rings is 1. The highest BCUT2D eigenvalue weighted by molar-refractivity contribution is 5.83. The minimum atomic E-state index is -0.431. The molecule has 0 unspecified atom stereocenters. The minimum Gasteiger partial charge on any atom is -0.379 e. The van der Waals surface area contributed by atoms with E-state index >= 15 is 0 Å². The fourth-order valence-electron chi connectivity index (χ4n) is 3.33. The molecule has 0 saturated carbocycles. The van der Waals surface area contributed by atoms with Gasteiger partial charge < -0.3 is 15.0 Å². The molecular weight excluding hydrogens is 297 g/mol. The molecule has 0 bridgehead atoms. The number of amides is 1. The summed E-state index contributed by atoms with van der Waals surface area (Å²) in [6.07, 6.45) is 0. The van der Waals surface area contributed by atoms with Gasteiger partial charge in [0.1, 0.15) is 11.9 Å². The summed E-state index contributed by atoms with van der Waals surface area (Å²) in [5.74, 6) is -0.243. The van der Waals surface area contributed by atoms with E-state index in [-0.39, 0.29) is 17.8 Å². The van der Waals surface area contributed by atoms with Crippen LogP contribution in [0.2, 0.25) is 0 Å². The van der Waals surface area contributed by atoms with E-state index in [0.717, 1.165) is 12.1 Å². The molecule has 126 valence electrons. The first-order valence-corrected chi connectivity index (χ1v) is 8.24. The number of carbonyl (C=O) groups excluding carboxylic acids is 1. The molecule has 2 atom stereocenters. The van der Waals surface area contributed by atoms with Gasteiger partial charge in [0.25, 0.3) is 0 Å². The van der Waals surface area contributed by atoms with Gasteiger partial charge in [-0.15, -0.1) is 0 Å². The summed E-state index contributed by atoms with van der Waals surface area (Å²) in [5.41, 5.74) is 0.725. The number of nitrogens with one attached hydrogen (secondary N) is 1. The van der Waals surface area contributed by atoms with Gasteiger partial charge >= 0.3 is 0 Å². The zero-order chi connectivity index (χ0) is 16.2. The van der Waals surface area contributed by atoms with Crippen LogP contribution in [0.3, 0.4) is 0 Å². The third kappa shape index (κ3) is 3.88. The second-order valence-electron chi connectivity index (χ2n) is 6.25. The van der Waals surface area contributed by atoms with Crippen LogP contribution in [0.15, 0.2) is 24.3 Å². The lowest BCUT2D eigenvalue weighted by Crippen LogP contribution is -2.55. The molecule has 2 aliphatic rings. The summed E-state index contributed by atoms with van der Waals surface area (Å²) in [4.78, 5) is 17.1. The van der Waals surface area contributed by atoms with E-state index in [2.05, 4.69) is 17.1 Å². The Morgan fingerprint density at radius 3 is 2.83 bits per heavy atom. The van der Waals surface area contributed by atoms with Crippen LogP contribution in [-0.4, -0.2) is 67.7 Å². The highest BCUT2D eigenvalue weighted by Crippen LogP contribution is 2.25. The number of halogens is 1. The predicted octanol–water partition coefficient (Wildman–Crippen LogP) is 1.02. The number of morpholine rings is 1. The lowest BCUT2D eigenvalue weighted by Gasteiger charge is -2.39. The molecule has 0 radical (unpaired) electrons. The third-order valence-corrected chi connectivity index (χ3v) is 4.49. The van der Waals surface area contributed by atoms with E-state index in [1.54, 1.807) is 6.07 Å². The van der Waals surface area contributed by atoms with E-state index < -0.39 is 6.04 Å². The number of nitrogens with zero attached hydrogens (tertiary/aromatic N) is 2. The summed E-state index contributed by atoms with van der Waals surface area (Å²) in [5, 5.41) is 3.35. The van der Waals surface area contributed by atoms with Gasteiger partial charge in [-0.25, -0.2) is 4.39 Å². The summed E-state index contributed by atoms with van der Waals surface area (Å²) in [6.45, 7) is 6.85. The van der Waals surface area contributed by atoms with Gasteiger partial charge in [0.05, 0.1) is 13.2 Å². The average Bonchev–Trinajstić information content (AvgIpc) is 2.56. The molecule has 0 aromatic heterocycles. The summed E-state index contributed by atoms with van der Waals surface area (Å²) in [7, 11) is 0. The molecule has 2 fully saturated rings. The van der Waals surface area contributed by atoms with Crippen LogP contribution in [0.4, 0.5) is 4.39 Å². The monoisotopic (exact) mass is 321 g/mol. The maximum atomic E-state index is 13.7. The van der Waals surface area contributed by atoms with Crippen LogP contribution in [0.5, 0.6) is 0 Å². The summed E-state index contributed by atoms with van der Waals surface area (Å²) in [6, 6.07) is 6.25. The smallest absolute Gasteiger partial charge is 0.244 e. The van der Waals surface area contributed by atoms with Crippen LogP contribution >= 0.6 is 0 Å². The second-order valence-corrected chi connectivity index (χ2v) is 6.25. The van der Waals surface area contributed by atoms with E-state index in [1.165, 1.54) is 12.1 Å². The molecule has 2 aliphatic heterocycles. The normalized spacial score (nSPS) is 24.4. The van der Waals surface area contributed by atoms with Crippen molar-refractivity contribution in [3.63, 3.8) is 0 Å². The van der Waals surface area contributed by atoms with E-state index in [9.17, 15) is 9.18 Å². The van der Waals surface area contributed by atoms with Crippen molar-refractivity contribution in [3.05, 3.63) is 35.6 Å². The molecule has 6 heteroatoms. The van der Waals surface area contributed by atoms with Crippen LogP contribution in [0.25, 0.3) is 0 Å². The van der Waals surface area contributed by atoms with Crippen molar-refractivity contribution in [1.29, 1.82) is 0 Å². The van der Waals surface area contributed by atoms with Crippen LogP contribution in [-0.2, 0) is 9.53 Å². The molecule has 1 aromatic rings. The Hall–Kier alpha value is -1.50. The highest BCUT2D eigenvalue weighted by Gasteiger charge is 2.33. The first-order chi connectivity index (χ1) is 11.1. The maximum absolute atomic E-state index is 13.7. The molecule has 2 heterocycles. The second kappa shape index (κ2) is 7.38.